The largest absolute Gasteiger partial charge is 0.872 e. The minimum absolute atomic E-state index is 0.0885. The first-order chi connectivity index (χ1) is 11.9. The Hall–Kier alpha value is -3.38. The summed E-state index contributed by atoms with van der Waals surface area (Å²) in [5.74, 6) is -5.50. The Balaban J connectivity index is 2.02. The van der Waals surface area contributed by atoms with Gasteiger partial charge >= 0.3 is 0 Å². The second-order valence-corrected chi connectivity index (χ2v) is 5.82. The molecular formula is C19H9O6-. The Morgan fingerprint density at radius 3 is 1.64 bits per heavy atom. The summed E-state index contributed by atoms with van der Waals surface area (Å²) in [4.78, 5) is 50.0. The van der Waals surface area contributed by atoms with E-state index in [1.807, 2.05) is 0 Å². The zero-order chi connectivity index (χ0) is 17.9. The standard InChI is InChI=1S/C19H10O6/c20-14-9-5-1-2-6-10(9)15(21)16(22)13(14)19(25)17(23)11-7-3-4-8-12(11)18(19)24/h1-8,20,25H/p-1. The van der Waals surface area contributed by atoms with Gasteiger partial charge in [-0.1, -0.05) is 54.3 Å². The molecule has 0 saturated heterocycles. The summed E-state index contributed by atoms with van der Waals surface area (Å²) in [6.45, 7) is 0. The lowest BCUT2D eigenvalue weighted by Crippen LogP contribution is -2.49. The van der Waals surface area contributed by atoms with Crippen molar-refractivity contribution in [1.29, 1.82) is 0 Å². The average molecular weight is 333 g/mol. The molecule has 0 fully saturated rings. The van der Waals surface area contributed by atoms with Crippen molar-refractivity contribution in [3.05, 3.63) is 76.4 Å². The van der Waals surface area contributed by atoms with Crippen LogP contribution in [0.25, 0.3) is 5.76 Å². The summed E-state index contributed by atoms with van der Waals surface area (Å²) in [6, 6.07) is 11.2. The minimum atomic E-state index is -2.97. The summed E-state index contributed by atoms with van der Waals surface area (Å²) < 4.78 is 0. The first-order valence-corrected chi connectivity index (χ1v) is 7.40. The summed E-state index contributed by atoms with van der Waals surface area (Å²) in [5, 5.41) is 23.6. The maximum Gasteiger partial charge on any atom is 0.233 e. The molecule has 0 bridgehead atoms. The van der Waals surface area contributed by atoms with E-state index < -0.39 is 40.1 Å². The minimum Gasteiger partial charge on any atom is -0.872 e. The van der Waals surface area contributed by atoms with Crippen molar-refractivity contribution in [2.45, 2.75) is 5.60 Å². The molecule has 4 rings (SSSR count). The molecule has 2 aromatic rings. The lowest BCUT2D eigenvalue weighted by molar-refractivity contribution is -0.246. The Kier molecular flexibility index (Phi) is 2.92. The van der Waals surface area contributed by atoms with Gasteiger partial charge in [-0.15, -0.1) is 0 Å². The predicted octanol–water partition coefficient (Wildman–Crippen LogP) is 0.334. The molecule has 0 atom stereocenters. The molecule has 6 heteroatoms. The number of benzene rings is 2. The first kappa shape index (κ1) is 15.2. The number of hydrogen-bond donors (Lipinski definition) is 1. The highest BCUT2D eigenvalue weighted by Crippen LogP contribution is 2.40. The van der Waals surface area contributed by atoms with Crippen LogP contribution >= 0.6 is 0 Å². The molecule has 2 aliphatic rings. The molecule has 2 aromatic carbocycles. The molecule has 0 heterocycles. The average Bonchev–Trinajstić information content (AvgIpc) is 2.82. The van der Waals surface area contributed by atoms with E-state index in [1.165, 1.54) is 48.5 Å². The molecule has 0 aliphatic heterocycles. The Labute approximate surface area is 141 Å². The first-order valence-electron chi connectivity index (χ1n) is 7.40. The zero-order valence-electron chi connectivity index (χ0n) is 12.6. The van der Waals surface area contributed by atoms with Crippen LogP contribution < -0.4 is 5.11 Å². The molecule has 0 radical (unpaired) electrons. The third-order valence-electron chi connectivity index (χ3n) is 4.51. The van der Waals surface area contributed by atoms with Crippen LogP contribution in [0.3, 0.4) is 0 Å². The quantitative estimate of drug-likeness (QED) is 0.595. The number of Topliss-reactive ketones (excluding diaryl/α,β-unsaturated/α-hetero) is 4. The summed E-state index contributed by atoms with van der Waals surface area (Å²) >= 11 is 0. The Morgan fingerprint density at radius 2 is 1.12 bits per heavy atom. The number of carbonyl (C=O) groups is 4. The van der Waals surface area contributed by atoms with Crippen molar-refractivity contribution in [2.24, 2.45) is 0 Å². The number of aliphatic hydroxyl groups is 1. The third kappa shape index (κ3) is 1.71. The summed E-state index contributed by atoms with van der Waals surface area (Å²) in [5.41, 5.74) is -4.38. The van der Waals surface area contributed by atoms with Crippen molar-refractivity contribution >= 4 is 28.9 Å². The molecule has 6 nitrogen and oxygen atoms in total. The van der Waals surface area contributed by atoms with Gasteiger partial charge in [-0.05, 0) is 5.56 Å². The van der Waals surface area contributed by atoms with Crippen molar-refractivity contribution in [1.82, 2.24) is 0 Å². The van der Waals surface area contributed by atoms with Gasteiger partial charge in [0, 0.05) is 22.3 Å². The maximum atomic E-state index is 12.7. The van der Waals surface area contributed by atoms with E-state index in [0.717, 1.165) is 0 Å². The molecule has 0 unspecified atom stereocenters. The van der Waals surface area contributed by atoms with Gasteiger partial charge in [0.05, 0.1) is 0 Å². The second kappa shape index (κ2) is 4.81. The van der Waals surface area contributed by atoms with Crippen LogP contribution in [0.4, 0.5) is 0 Å². The van der Waals surface area contributed by atoms with Gasteiger partial charge in [0.1, 0.15) is 0 Å². The molecular weight excluding hydrogens is 324 g/mol. The Bertz CT molecular complexity index is 1010. The molecule has 122 valence electrons. The summed E-state index contributed by atoms with van der Waals surface area (Å²) in [6.07, 6.45) is 0. The van der Waals surface area contributed by atoms with E-state index in [4.69, 9.17) is 0 Å². The molecule has 25 heavy (non-hydrogen) atoms. The monoisotopic (exact) mass is 333 g/mol. The van der Waals surface area contributed by atoms with E-state index in [1.54, 1.807) is 0 Å². The lowest BCUT2D eigenvalue weighted by Gasteiger charge is -2.31. The topological polar surface area (TPSA) is 112 Å². The van der Waals surface area contributed by atoms with E-state index in [2.05, 4.69) is 0 Å². The van der Waals surface area contributed by atoms with E-state index in [-0.39, 0.29) is 22.3 Å². The van der Waals surface area contributed by atoms with Gasteiger partial charge in [0.25, 0.3) is 0 Å². The number of fused-ring (bicyclic) bond motifs is 2. The maximum absolute atomic E-state index is 12.7. The van der Waals surface area contributed by atoms with Gasteiger partial charge < -0.3 is 10.2 Å². The van der Waals surface area contributed by atoms with E-state index >= 15 is 0 Å². The van der Waals surface area contributed by atoms with Gasteiger partial charge in [-0.3, -0.25) is 19.2 Å². The second-order valence-electron chi connectivity index (χ2n) is 5.82. The SMILES string of the molecule is O=C1C(=O)c2ccccc2C([O-])=C1C1(O)C(=O)c2ccccc2C1=O. The van der Waals surface area contributed by atoms with Crippen molar-refractivity contribution in [2.75, 3.05) is 0 Å². The van der Waals surface area contributed by atoms with Gasteiger partial charge in [-0.2, -0.15) is 0 Å². The van der Waals surface area contributed by atoms with Gasteiger partial charge in [0.15, 0.2) is 0 Å². The molecule has 0 spiro atoms. The highest BCUT2D eigenvalue weighted by atomic mass is 16.3. The van der Waals surface area contributed by atoms with Crippen LogP contribution in [0.1, 0.15) is 36.6 Å². The van der Waals surface area contributed by atoms with Crippen molar-refractivity contribution in [3.63, 3.8) is 0 Å². The highest BCUT2D eigenvalue weighted by Gasteiger charge is 2.57. The normalized spacial score (nSPS) is 18.4. The zero-order valence-corrected chi connectivity index (χ0v) is 12.6. The fourth-order valence-corrected chi connectivity index (χ4v) is 3.28. The van der Waals surface area contributed by atoms with Crippen LogP contribution in [0.15, 0.2) is 54.1 Å². The fraction of sp³-hybridized carbons (Fsp3) is 0.0526. The summed E-state index contributed by atoms with van der Waals surface area (Å²) in [7, 11) is 0. The number of carbonyl (C=O) groups excluding carboxylic acids is 4. The van der Waals surface area contributed by atoms with E-state index in [0.29, 0.717) is 0 Å². The van der Waals surface area contributed by atoms with Gasteiger partial charge in [0.2, 0.25) is 28.7 Å². The lowest BCUT2D eigenvalue weighted by atomic mass is 9.77. The van der Waals surface area contributed by atoms with Crippen molar-refractivity contribution < 1.29 is 29.4 Å². The highest BCUT2D eigenvalue weighted by molar-refractivity contribution is 6.55. The van der Waals surface area contributed by atoms with Crippen LogP contribution in [0.2, 0.25) is 0 Å². The molecule has 2 aliphatic carbocycles. The Morgan fingerprint density at radius 1 is 0.680 bits per heavy atom. The van der Waals surface area contributed by atoms with Crippen LogP contribution in [-0.2, 0) is 4.79 Å². The molecule has 0 amide bonds. The molecule has 1 N–H and O–H groups in total. The molecule has 0 aromatic heterocycles. The number of rotatable bonds is 1. The van der Waals surface area contributed by atoms with E-state index in [9.17, 15) is 29.4 Å². The fourth-order valence-electron chi connectivity index (χ4n) is 3.28. The number of hydrogen-bond acceptors (Lipinski definition) is 6. The number of ketones is 4. The predicted molar refractivity (Wildman–Crippen MR) is 82.8 cm³/mol. The third-order valence-corrected chi connectivity index (χ3v) is 4.51. The van der Waals surface area contributed by atoms with Crippen LogP contribution in [0, 0.1) is 0 Å². The smallest absolute Gasteiger partial charge is 0.233 e. The molecule has 0 saturated carbocycles. The van der Waals surface area contributed by atoms with Gasteiger partial charge in [-0.25, -0.2) is 0 Å². The van der Waals surface area contributed by atoms with Crippen LogP contribution in [0.5, 0.6) is 0 Å². The van der Waals surface area contributed by atoms with Crippen molar-refractivity contribution in [3.8, 4) is 0 Å². The van der Waals surface area contributed by atoms with Crippen LogP contribution in [-0.4, -0.2) is 33.8 Å².